The molecule has 0 spiro atoms. The topological polar surface area (TPSA) is 84.7 Å². The zero-order valence-corrected chi connectivity index (χ0v) is 15.0. The molecule has 1 N–H and O–H groups in total. The highest BCUT2D eigenvalue weighted by Gasteiger charge is 2.34. The number of carbonyl (C=O) groups excluding carboxylic acids is 1. The van der Waals surface area contributed by atoms with Gasteiger partial charge in [-0.2, -0.15) is 0 Å². The normalized spacial score (nSPS) is 25.9. The zero-order chi connectivity index (χ0) is 18.4. The SMILES string of the molecule is C[C@H]1CCC(c2ccc3c(c2)nc2n3C[C@H](C)OC2)N(C(=O)C(=O)O)C1. The number of amides is 1. The van der Waals surface area contributed by atoms with E-state index in [2.05, 4.69) is 9.55 Å². The van der Waals surface area contributed by atoms with Crippen molar-refractivity contribution in [3.05, 3.63) is 29.6 Å². The molecule has 2 aliphatic heterocycles. The predicted molar refractivity (Wildman–Crippen MR) is 94.5 cm³/mol. The molecule has 1 fully saturated rings. The molecule has 3 atom stereocenters. The smallest absolute Gasteiger partial charge is 0.394 e. The summed E-state index contributed by atoms with van der Waals surface area (Å²) in [6, 6.07) is 5.81. The van der Waals surface area contributed by atoms with E-state index in [1.54, 1.807) is 0 Å². The maximum Gasteiger partial charge on any atom is 0.394 e. The number of carbonyl (C=O) groups is 2. The van der Waals surface area contributed by atoms with E-state index in [0.29, 0.717) is 19.1 Å². The van der Waals surface area contributed by atoms with E-state index < -0.39 is 11.9 Å². The van der Waals surface area contributed by atoms with Crippen LogP contribution in [0.25, 0.3) is 11.0 Å². The molecule has 138 valence electrons. The fraction of sp³-hybridized carbons (Fsp3) is 0.526. The summed E-state index contributed by atoms with van der Waals surface area (Å²) in [4.78, 5) is 29.6. The van der Waals surface area contributed by atoms with Gasteiger partial charge in [0.15, 0.2) is 0 Å². The van der Waals surface area contributed by atoms with Gasteiger partial charge in [0, 0.05) is 6.54 Å². The van der Waals surface area contributed by atoms with Gasteiger partial charge in [0.2, 0.25) is 0 Å². The molecule has 0 radical (unpaired) electrons. The molecule has 0 aliphatic carbocycles. The number of aromatic nitrogens is 2. The van der Waals surface area contributed by atoms with Gasteiger partial charge in [-0.15, -0.1) is 0 Å². The molecule has 7 heteroatoms. The summed E-state index contributed by atoms with van der Waals surface area (Å²) in [5.74, 6) is -1.01. The third kappa shape index (κ3) is 2.86. The highest BCUT2D eigenvalue weighted by molar-refractivity contribution is 6.31. The van der Waals surface area contributed by atoms with Crippen LogP contribution in [-0.4, -0.2) is 44.1 Å². The van der Waals surface area contributed by atoms with Crippen molar-refractivity contribution in [3.8, 4) is 0 Å². The number of hydrogen-bond donors (Lipinski definition) is 1. The van der Waals surface area contributed by atoms with Crippen molar-refractivity contribution < 1.29 is 19.4 Å². The summed E-state index contributed by atoms with van der Waals surface area (Å²) >= 11 is 0. The van der Waals surface area contributed by atoms with Crippen molar-refractivity contribution in [1.29, 1.82) is 0 Å². The van der Waals surface area contributed by atoms with Crippen LogP contribution in [0.15, 0.2) is 18.2 Å². The Kier molecular flexibility index (Phi) is 4.19. The molecule has 0 saturated carbocycles. The van der Waals surface area contributed by atoms with E-state index in [0.717, 1.165) is 41.8 Å². The fourth-order valence-corrected chi connectivity index (χ4v) is 4.09. The summed E-state index contributed by atoms with van der Waals surface area (Å²) in [6.45, 7) is 5.83. The number of fused-ring (bicyclic) bond motifs is 3. The molecular formula is C19H23N3O4. The molecule has 1 unspecified atom stereocenters. The Morgan fingerprint density at radius 2 is 2.04 bits per heavy atom. The number of aliphatic carboxylic acids is 1. The van der Waals surface area contributed by atoms with E-state index in [4.69, 9.17) is 4.74 Å². The molecule has 1 aromatic heterocycles. The molecule has 4 rings (SSSR count). The van der Waals surface area contributed by atoms with E-state index in [1.165, 1.54) is 4.90 Å². The first-order valence-corrected chi connectivity index (χ1v) is 9.08. The minimum Gasteiger partial charge on any atom is -0.474 e. The van der Waals surface area contributed by atoms with Gasteiger partial charge in [-0.05, 0) is 43.4 Å². The van der Waals surface area contributed by atoms with Crippen LogP contribution in [0.4, 0.5) is 0 Å². The van der Waals surface area contributed by atoms with E-state index in [-0.39, 0.29) is 12.1 Å². The Hall–Kier alpha value is -2.41. The maximum absolute atomic E-state index is 12.2. The number of ether oxygens (including phenoxy) is 1. The highest BCUT2D eigenvalue weighted by atomic mass is 16.5. The Bertz CT molecular complexity index is 875. The zero-order valence-electron chi connectivity index (χ0n) is 15.0. The molecule has 26 heavy (non-hydrogen) atoms. The van der Waals surface area contributed by atoms with Crippen molar-refractivity contribution in [2.45, 2.75) is 52.0 Å². The number of benzene rings is 1. The van der Waals surface area contributed by atoms with Crippen LogP contribution in [0, 0.1) is 5.92 Å². The van der Waals surface area contributed by atoms with Gasteiger partial charge in [-0.1, -0.05) is 13.0 Å². The molecule has 7 nitrogen and oxygen atoms in total. The molecule has 3 heterocycles. The lowest BCUT2D eigenvalue weighted by atomic mass is 9.89. The quantitative estimate of drug-likeness (QED) is 0.792. The molecule has 1 amide bonds. The van der Waals surface area contributed by atoms with E-state index in [1.807, 2.05) is 32.0 Å². The van der Waals surface area contributed by atoms with Gasteiger partial charge in [0.25, 0.3) is 0 Å². The first-order valence-electron chi connectivity index (χ1n) is 9.08. The predicted octanol–water partition coefficient (Wildman–Crippen LogP) is 2.34. The molecule has 0 bridgehead atoms. The molecule has 2 aliphatic rings. The van der Waals surface area contributed by atoms with Crippen molar-refractivity contribution >= 4 is 22.9 Å². The summed E-state index contributed by atoms with van der Waals surface area (Å²) in [6.07, 6.45) is 1.89. The number of imidazole rings is 1. The Labute approximate surface area is 151 Å². The summed E-state index contributed by atoms with van der Waals surface area (Å²) < 4.78 is 7.84. The van der Waals surface area contributed by atoms with Crippen molar-refractivity contribution in [2.75, 3.05) is 6.54 Å². The standard InChI is InChI=1S/C19H23N3O4/c1-11-3-5-15(22(8-11)18(23)19(24)25)13-4-6-16-14(7-13)20-17-10-26-12(2)9-21(16)17/h4,6-7,11-12,15H,3,5,8-10H2,1-2H3,(H,24,25)/t11-,12-,15?/m0/s1. The third-order valence-corrected chi connectivity index (χ3v) is 5.43. The highest BCUT2D eigenvalue weighted by Crippen LogP contribution is 2.35. The largest absolute Gasteiger partial charge is 0.474 e. The Balaban J connectivity index is 1.71. The number of carboxylic acids is 1. The van der Waals surface area contributed by atoms with Crippen LogP contribution in [0.2, 0.25) is 0 Å². The summed E-state index contributed by atoms with van der Waals surface area (Å²) in [5.41, 5.74) is 2.87. The molecule has 2 aromatic rings. The maximum atomic E-state index is 12.2. The van der Waals surface area contributed by atoms with Crippen molar-refractivity contribution in [2.24, 2.45) is 5.92 Å². The fourth-order valence-electron chi connectivity index (χ4n) is 4.09. The second-order valence-electron chi connectivity index (χ2n) is 7.47. The van der Waals surface area contributed by atoms with Crippen LogP contribution in [0.1, 0.15) is 44.1 Å². The number of hydrogen-bond acceptors (Lipinski definition) is 4. The first-order chi connectivity index (χ1) is 12.4. The third-order valence-electron chi connectivity index (χ3n) is 5.43. The summed E-state index contributed by atoms with van der Waals surface area (Å²) in [7, 11) is 0. The number of likely N-dealkylation sites (tertiary alicyclic amines) is 1. The summed E-state index contributed by atoms with van der Waals surface area (Å²) in [5, 5.41) is 9.17. The van der Waals surface area contributed by atoms with Crippen LogP contribution in [0.3, 0.4) is 0 Å². The number of rotatable bonds is 1. The van der Waals surface area contributed by atoms with E-state index in [9.17, 15) is 14.7 Å². The molecular weight excluding hydrogens is 334 g/mol. The minimum absolute atomic E-state index is 0.156. The van der Waals surface area contributed by atoms with Crippen LogP contribution < -0.4 is 0 Å². The van der Waals surface area contributed by atoms with Crippen molar-refractivity contribution in [3.63, 3.8) is 0 Å². The minimum atomic E-state index is -1.39. The molecule has 1 aromatic carbocycles. The van der Waals surface area contributed by atoms with Gasteiger partial charge in [-0.25, -0.2) is 9.78 Å². The lowest BCUT2D eigenvalue weighted by Crippen LogP contribution is -2.44. The van der Waals surface area contributed by atoms with Crippen LogP contribution >= 0.6 is 0 Å². The second kappa shape index (κ2) is 6.39. The average molecular weight is 357 g/mol. The van der Waals surface area contributed by atoms with Crippen LogP contribution in [0.5, 0.6) is 0 Å². The number of nitrogens with zero attached hydrogens (tertiary/aromatic N) is 3. The van der Waals surface area contributed by atoms with Crippen LogP contribution in [-0.2, 0) is 27.5 Å². The lowest BCUT2D eigenvalue weighted by molar-refractivity contribution is -0.158. The van der Waals surface area contributed by atoms with Crippen molar-refractivity contribution in [1.82, 2.24) is 14.5 Å². The second-order valence-corrected chi connectivity index (χ2v) is 7.47. The van der Waals surface area contributed by atoms with Gasteiger partial charge < -0.3 is 19.3 Å². The van der Waals surface area contributed by atoms with E-state index >= 15 is 0 Å². The monoisotopic (exact) mass is 357 g/mol. The molecule has 1 saturated heterocycles. The Morgan fingerprint density at radius 3 is 2.81 bits per heavy atom. The van der Waals surface area contributed by atoms with Gasteiger partial charge >= 0.3 is 11.9 Å². The number of carboxylic acid groups (broad SMARTS) is 1. The Morgan fingerprint density at radius 1 is 1.23 bits per heavy atom. The van der Waals surface area contributed by atoms with Gasteiger partial charge in [0.1, 0.15) is 12.4 Å². The van der Waals surface area contributed by atoms with Gasteiger partial charge in [-0.3, -0.25) is 4.79 Å². The number of piperidine rings is 1. The first kappa shape index (κ1) is 17.0. The lowest BCUT2D eigenvalue weighted by Gasteiger charge is -2.38. The van der Waals surface area contributed by atoms with Gasteiger partial charge in [0.05, 0.1) is 29.7 Å². The average Bonchev–Trinajstić information content (AvgIpc) is 2.97.